The molecule has 0 radical (unpaired) electrons. The van der Waals surface area contributed by atoms with Gasteiger partial charge in [-0.3, -0.25) is 0 Å². The molecule has 0 fully saturated rings. The SMILES string of the molecule is COc1ccc(B(O)O)cc1COCc1ccccc1F. The lowest BCUT2D eigenvalue weighted by atomic mass is 9.79. The minimum absolute atomic E-state index is 0.127. The van der Waals surface area contributed by atoms with Crippen molar-refractivity contribution in [1.29, 1.82) is 0 Å². The molecule has 4 nitrogen and oxygen atoms in total. The van der Waals surface area contributed by atoms with Crippen LogP contribution in [0.4, 0.5) is 4.39 Å². The fraction of sp³-hybridized carbons (Fsp3) is 0.200. The molecule has 0 aliphatic rings. The van der Waals surface area contributed by atoms with Crippen molar-refractivity contribution in [2.24, 2.45) is 0 Å². The minimum atomic E-state index is -1.55. The van der Waals surface area contributed by atoms with E-state index in [-0.39, 0.29) is 19.0 Å². The van der Waals surface area contributed by atoms with Crippen LogP contribution in [0, 0.1) is 5.82 Å². The first-order valence-corrected chi connectivity index (χ1v) is 6.46. The molecule has 6 heteroatoms. The van der Waals surface area contributed by atoms with Gasteiger partial charge in [0.05, 0.1) is 20.3 Å². The molecular weight excluding hydrogens is 274 g/mol. The highest BCUT2D eigenvalue weighted by molar-refractivity contribution is 6.58. The molecule has 0 bridgehead atoms. The molecule has 0 saturated heterocycles. The largest absolute Gasteiger partial charge is 0.496 e. The number of halogens is 1. The quantitative estimate of drug-likeness (QED) is 0.786. The third kappa shape index (κ3) is 4.04. The molecule has 2 aromatic rings. The number of benzene rings is 2. The topological polar surface area (TPSA) is 58.9 Å². The summed E-state index contributed by atoms with van der Waals surface area (Å²) >= 11 is 0. The average molecular weight is 290 g/mol. The first-order chi connectivity index (χ1) is 10.1. The van der Waals surface area contributed by atoms with Crippen molar-refractivity contribution in [2.45, 2.75) is 13.2 Å². The summed E-state index contributed by atoms with van der Waals surface area (Å²) in [5, 5.41) is 18.4. The standard InChI is InChI=1S/C15H16BFO4/c1-20-15-7-6-13(16(18)19)8-12(15)10-21-9-11-4-2-3-5-14(11)17/h2-8,18-19H,9-10H2,1H3. The second kappa shape index (κ2) is 7.22. The number of hydrogen-bond donors (Lipinski definition) is 2. The van der Waals surface area contributed by atoms with E-state index in [1.807, 2.05) is 0 Å². The molecule has 0 saturated carbocycles. The van der Waals surface area contributed by atoms with Crippen LogP contribution in [0.1, 0.15) is 11.1 Å². The summed E-state index contributed by atoms with van der Waals surface area (Å²) in [5.74, 6) is 0.261. The van der Waals surface area contributed by atoms with E-state index >= 15 is 0 Å². The van der Waals surface area contributed by atoms with Crippen LogP contribution in [0.3, 0.4) is 0 Å². The van der Waals surface area contributed by atoms with Gasteiger partial charge in [0.2, 0.25) is 0 Å². The molecule has 0 aliphatic heterocycles. The highest BCUT2D eigenvalue weighted by Gasteiger charge is 2.14. The molecule has 2 N–H and O–H groups in total. The maximum atomic E-state index is 13.5. The van der Waals surface area contributed by atoms with E-state index in [0.717, 1.165) is 0 Å². The molecule has 0 aromatic heterocycles. The molecule has 0 heterocycles. The predicted octanol–water partition coefficient (Wildman–Crippen LogP) is 1.23. The van der Waals surface area contributed by atoms with E-state index in [1.54, 1.807) is 36.4 Å². The molecule has 0 aliphatic carbocycles. The lowest BCUT2D eigenvalue weighted by Gasteiger charge is -2.11. The maximum absolute atomic E-state index is 13.5. The van der Waals surface area contributed by atoms with Gasteiger partial charge in [0, 0.05) is 11.1 Å². The van der Waals surface area contributed by atoms with Crippen LogP contribution in [-0.4, -0.2) is 24.3 Å². The van der Waals surface area contributed by atoms with Crippen molar-refractivity contribution in [3.63, 3.8) is 0 Å². The molecule has 0 amide bonds. The molecule has 110 valence electrons. The van der Waals surface area contributed by atoms with Crippen molar-refractivity contribution < 1.29 is 23.9 Å². The summed E-state index contributed by atoms with van der Waals surface area (Å²) in [4.78, 5) is 0. The van der Waals surface area contributed by atoms with Gasteiger partial charge in [-0.05, 0) is 17.6 Å². The Balaban J connectivity index is 2.05. The highest BCUT2D eigenvalue weighted by Crippen LogP contribution is 2.18. The van der Waals surface area contributed by atoms with E-state index in [0.29, 0.717) is 22.3 Å². The van der Waals surface area contributed by atoms with Crippen LogP contribution < -0.4 is 10.2 Å². The van der Waals surface area contributed by atoms with Gasteiger partial charge in [-0.15, -0.1) is 0 Å². The second-order valence-corrected chi connectivity index (χ2v) is 4.53. The lowest BCUT2D eigenvalue weighted by Crippen LogP contribution is -2.30. The summed E-state index contributed by atoms with van der Waals surface area (Å²) in [6.45, 7) is 0.305. The van der Waals surface area contributed by atoms with Crippen LogP contribution >= 0.6 is 0 Å². The fourth-order valence-electron chi connectivity index (χ4n) is 1.96. The summed E-state index contributed by atoms with van der Waals surface area (Å²) in [5.41, 5.74) is 1.48. The summed E-state index contributed by atoms with van der Waals surface area (Å²) < 4.78 is 24.1. The van der Waals surface area contributed by atoms with Gasteiger partial charge in [0.1, 0.15) is 11.6 Å². The third-order valence-corrected chi connectivity index (χ3v) is 3.08. The van der Waals surface area contributed by atoms with Gasteiger partial charge in [-0.1, -0.05) is 30.3 Å². The van der Waals surface area contributed by atoms with Crippen LogP contribution in [0.15, 0.2) is 42.5 Å². The summed E-state index contributed by atoms with van der Waals surface area (Å²) in [7, 11) is -0.0358. The monoisotopic (exact) mass is 290 g/mol. The Kier molecular flexibility index (Phi) is 5.33. The van der Waals surface area contributed by atoms with E-state index in [2.05, 4.69) is 0 Å². The highest BCUT2D eigenvalue weighted by atomic mass is 19.1. The molecule has 0 unspecified atom stereocenters. The van der Waals surface area contributed by atoms with E-state index < -0.39 is 7.12 Å². The van der Waals surface area contributed by atoms with Crippen LogP contribution in [0.25, 0.3) is 0 Å². The maximum Gasteiger partial charge on any atom is 0.488 e. The zero-order valence-corrected chi connectivity index (χ0v) is 11.6. The molecule has 21 heavy (non-hydrogen) atoms. The van der Waals surface area contributed by atoms with Crippen molar-refractivity contribution in [1.82, 2.24) is 0 Å². The normalized spacial score (nSPS) is 10.5. The Morgan fingerprint density at radius 3 is 2.43 bits per heavy atom. The first kappa shape index (κ1) is 15.5. The Labute approximate surface area is 122 Å². The van der Waals surface area contributed by atoms with Crippen molar-refractivity contribution in [2.75, 3.05) is 7.11 Å². The van der Waals surface area contributed by atoms with E-state index in [9.17, 15) is 14.4 Å². The number of rotatable bonds is 6. The van der Waals surface area contributed by atoms with Crippen LogP contribution in [0.5, 0.6) is 5.75 Å². The van der Waals surface area contributed by atoms with Crippen molar-refractivity contribution >= 4 is 12.6 Å². The number of methoxy groups -OCH3 is 1. The predicted molar refractivity (Wildman–Crippen MR) is 77.7 cm³/mol. The van der Waals surface area contributed by atoms with Crippen LogP contribution in [0.2, 0.25) is 0 Å². The molecule has 2 rings (SSSR count). The third-order valence-electron chi connectivity index (χ3n) is 3.08. The zero-order valence-electron chi connectivity index (χ0n) is 11.6. The molecule has 2 aromatic carbocycles. The van der Waals surface area contributed by atoms with E-state index in [1.165, 1.54) is 13.2 Å². The van der Waals surface area contributed by atoms with Gasteiger partial charge in [-0.25, -0.2) is 4.39 Å². The van der Waals surface area contributed by atoms with Gasteiger partial charge < -0.3 is 19.5 Å². The smallest absolute Gasteiger partial charge is 0.488 e. The Morgan fingerprint density at radius 1 is 1.05 bits per heavy atom. The Bertz CT molecular complexity index is 604. The first-order valence-electron chi connectivity index (χ1n) is 6.46. The van der Waals surface area contributed by atoms with Crippen LogP contribution in [-0.2, 0) is 18.0 Å². The Hall–Kier alpha value is -1.89. The van der Waals surface area contributed by atoms with Gasteiger partial charge in [-0.2, -0.15) is 0 Å². The molecule has 0 spiro atoms. The fourth-order valence-corrected chi connectivity index (χ4v) is 1.96. The number of hydrogen-bond acceptors (Lipinski definition) is 4. The van der Waals surface area contributed by atoms with E-state index in [4.69, 9.17) is 9.47 Å². The van der Waals surface area contributed by atoms with Gasteiger partial charge in [0.15, 0.2) is 0 Å². The van der Waals surface area contributed by atoms with Crippen molar-refractivity contribution in [3.05, 3.63) is 59.4 Å². The van der Waals surface area contributed by atoms with Gasteiger partial charge in [0.25, 0.3) is 0 Å². The summed E-state index contributed by atoms with van der Waals surface area (Å²) in [6.07, 6.45) is 0. The minimum Gasteiger partial charge on any atom is -0.496 e. The number of ether oxygens (including phenoxy) is 2. The van der Waals surface area contributed by atoms with Gasteiger partial charge >= 0.3 is 7.12 Å². The molecule has 0 atom stereocenters. The molecular formula is C15H16BFO4. The summed E-state index contributed by atoms with van der Waals surface area (Å²) in [6, 6.07) is 11.2. The average Bonchev–Trinajstić information content (AvgIpc) is 2.49. The lowest BCUT2D eigenvalue weighted by molar-refractivity contribution is 0.103. The van der Waals surface area contributed by atoms with Crippen molar-refractivity contribution in [3.8, 4) is 5.75 Å². The zero-order chi connectivity index (χ0) is 15.2. The second-order valence-electron chi connectivity index (χ2n) is 4.53. The Morgan fingerprint density at radius 2 is 1.76 bits per heavy atom.